The fourth-order valence-electron chi connectivity index (χ4n) is 1.90. The third kappa shape index (κ3) is 4.30. The van der Waals surface area contributed by atoms with E-state index in [4.69, 9.17) is 15.2 Å². The number of hydrogen-bond donors (Lipinski definition) is 1. The monoisotopic (exact) mass is 268 g/mol. The van der Waals surface area contributed by atoms with E-state index in [-0.39, 0.29) is 5.56 Å². The summed E-state index contributed by atoms with van der Waals surface area (Å²) in [5.41, 5.74) is 5.18. The number of nitrogens with two attached hydrogens (primary N) is 1. The molecule has 1 aliphatic heterocycles. The lowest BCUT2D eigenvalue weighted by Gasteiger charge is -2.26. The molecular weight excluding hydrogens is 248 g/mol. The highest BCUT2D eigenvalue weighted by molar-refractivity contribution is 5.13. The summed E-state index contributed by atoms with van der Waals surface area (Å²) in [4.78, 5) is 14.1. The minimum atomic E-state index is -0.150. The van der Waals surface area contributed by atoms with E-state index in [0.717, 1.165) is 32.8 Å². The van der Waals surface area contributed by atoms with Crippen LogP contribution in [0.4, 0.5) is 0 Å². The van der Waals surface area contributed by atoms with Crippen LogP contribution in [0, 0.1) is 0 Å². The Hall–Kier alpha value is -1.44. The Balaban J connectivity index is 1.87. The minimum absolute atomic E-state index is 0.150. The maximum Gasteiger partial charge on any atom is 0.270 e. The van der Waals surface area contributed by atoms with Crippen LogP contribution >= 0.6 is 0 Å². The van der Waals surface area contributed by atoms with Crippen molar-refractivity contribution in [1.29, 1.82) is 0 Å². The van der Waals surface area contributed by atoms with Crippen molar-refractivity contribution in [1.82, 2.24) is 14.7 Å². The first kappa shape index (κ1) is 14.0. The number of hydrogen-bond acceptors (Lipinski definition) is 6. The normalized spacial score (nSPS) is 16.5. The lowest BCUT2D eigenvalue weighted by Crippen LogP contribution is -2.39. The van der Waals surface area contributed by atoms with E-state index in [9.17, 15) is 4.79 Å². The molecule has 1 aliphatic rings. The molecule has 1 aromatic rings. The van der Waals surface area contributed by atoms with Crippen LogP contribution in [0.25, 0.3) is 0 Å². The second kappa shape index (κ2) is 7.22. The van der Waals surface area contributed by atoms with E-state index in [1.807, 2.05) is 0 Å². The van der Waals surface area contributed by atoms with Gasteiger partial charge in [-0.2, -0.15) is 5.10 Å². The van der Waals surface area contributed by atoms with Gasteiger partial charge in [-0.15, -0.1) is 0 Å². The number of nitrogens with zero attached hydrogens (tertiary/aromatic N) is 3. The summed E-state index contributed by atoms with van der Waals surface area (Å²) >= 11 is 0. The van der Waals surface area contributed by atoms with Crippen LogP contribution < -0.4 is 16.0 Å². The SMILES string of the molecule is NCCOc1cnn(CCN2CCOCC2)c(=O)c1. The summed E-state index contributed by atoms with van der Waals surface area (Å²) in [6.45, 7) is 5.52. The first-order valence-corrected chi connectivity index (χ1v) is 6.50. The van der Waals surface area contributed by atoms with Crippen LogP contribution in [-0.4, -0.2) is 60.7 Å². The van der Waals surface area contributed by atoms with E-state index >= 15 is 0 Å². The fourth-order valence-corrected chi connectivity index (χ4v) is 1.90. The molecule has 106 valence electrons. The van der Waals surface area contributed by atoms with Gasteiger partial charge in [0.1, 0.15) is 12.4 Å². The van der Waals surface area contributed by atoms with Gasteiger partial charge in [0.05, 0.1) is 26.0 Å². The Morgan fingerprint density at radius 3 is 2.84 bits per heavy atom. The first-order valence-electron chi connectivity index (χ1n) is 6.50. The molecule has 0 aromatic carbocycles. The molecule has 0 bridgehead atoms. The maximum atomic E-state index is 11.8. The molecule has 1 aromatic heterocycles. The molecule has 7 heteroatoms. The maximum absolute atomic E-state index is 11.8. The highest BCUT2D eigenvalue weighted by Crippen LogP contribution is 2.03. The van der Waals surface area contributed by atoms with Gasteiger partial charge in [0.25, 0.3) is 5.56 Å². The molecule has 0 radical (unpaired) electrons. The molecule has 2 rings (SSSR count). The third-order valence-electron chi connectivity index (χ3n) is 2.96. The fraction of sp³-hybridized carbons (Fsp3) is 0.667. The van der Waals surface area contributed by atoms with Crippen LogP contribution in [0.3, 0.4) is 0 Å². The van der Waals surface area contributed by atoms with Crippen LogP contribution in [0.2, 0.25) is 0 Å². The summed E-state index contributed by atoms with van der Waals surface area (Å²) < 4.78 is 12.0. The third-order valence-corrected chi connectivity index (χ3v) is 2.96. The van der Waals surface area contributed by atoms with Gasteiger partial charge in [0.2, 0.25) is 0 Å². The molecule has 0 atom stereocenters. The van der Waals surface area contributed by atoms with Gasteiger partial charge in [0, 0.05) is 32.2 Å². The minimum Gasteiger partial charge on any atom is -0.490 e. The van der Waals surface area contributed by atoms with E-state index < -0.39 is 0 Å². The van der Waals surface area contributed by atoms with Crippen LogP contribution in [0.5, 0.6) is 5.75 Å². The van der Waals surface area contributed by atoms with E-state index in [2.05, 4.69) is 10.00 Å². The summed E-state index contributed by atoms with van der Waals surface area (Å²) in [5, 5.41) is 4.10. The Morgan fingerprint density at radius 2 is 2.16 bits per heavy atom. The van der Waals surface area contributed by atoms with Gasteiger partial charge >= 0.3 is 0 Å². The Kier molecular flexibility index (Phi) is 5.31. The standard InChI is InChI=1S/C12H20N4O3/c13-1-6-19-11-9-12(17)16(14-10-11)3-2-15-4-7-18-8-5-15/h9-10H,1-8,13H2. The molecular formula is C12H20N4O3. The van der Waals surface area contributed by atoms with E-state index in [1.54, 1.807) is 6.20 Å². The number of morpholine rings is 1. The van der Waals surface area contributed by atoms with Gasteiger partial charge in [-0.25, -0.2) is 4.68 Å². The predicted octanol–water partition coefficient (Wildman–Crippen LogP) is -1.09. The van der Waals surface area contributed by atoms with Crippen molar-refractivity contribution in [2.75, 3.05) is 46.0 Å². The van der Waals surface area contributed by atoms with Crippen molar-refractivity contribution in [2.24, 2.45) is 5.73 Å². The van der Waals surface area contributed by atoms with Crippen LogP contribution in [-0.2, 0) is 11.3 Å². The number of rotatable bonds is 6. The van der Waals surface area contributed by atoms with E-state index in [0.29, 0.717) is 25.4 Å². The number of ether oxygens (including phenoxy) is 2. The molecule has 0 aliphatic carbocycles. The zero-order valence-corrected chi connectivity index (χ0v) is 11.0. The average Bonchev–Trinajstić information content (AvgIpc) is 2.45. The molecule has 0 spiro atoms. The van der Waals surface area contributed by atoms with Crippen molar-refractivity contribution < 1.29 is 9.47 Å². The molecule has 0 unspecified atom stereocenters. The van der Waals surface area contributed by atoms with Crippen molar-refractivity contribution in [2.45, 2.75) is 6.54 Å². The topological polar surface area (TPSA) is 82.6 Å². The lowest BCUT2D eigenvalue weighted by molar-refractivity contribution is 0.0358. The molecule has 19 heavy (non-hydrogen) atoms. The smallest absolute Gasteiger partial charge is 0.270 e. The van der Waals surface area contributed by atoms with Crippen molar-refractivity contribution in [3.63, 3.8) is 0 Å². The molecule has 1 fully saturated rings. The van der Waals surface area contributed by atoms with Gasteiger partial charge in [-0.05, 0) is 0 Å². The largest absolute Gasteiger partial charge is 0.490 e. The van der Waals surface area contributed by atoms with Crippen molar-refractivity contribution in [3.8, 4) is 5.75 Å². The molecule has 2 heterocycles. The van der Waals surface area contributed by atoms with Crippen molar-refractivity contribution >= 4 is 0 Å². The molecule has 1 saturated heterocycles. The molecule has 2 N–H and O–H groups in total. The summed E-state index contributed by atoms with van der Waals surface area (Å²) in [5.74, 6) is 0.470. The average molecular weight is 268 g/mol. The van der Waals surface area contributed by atoms with Gasteiger partial charge in [-0.3, -0.25) is 9.69 Å². The highest BCUT2D eigenvalue weighted by Gasteiger charge is 2.10. The summed E-state index contributed by atoms with van der Waals surface area (Å²) in [6, 6.07) is 1.45. The molecule has 0 amide bonds. The lowest BCUT2D eigenvalue weighted by atomic mass is 10.4. The zero-order chi connectivity index (χ0) is 13.5. The Bertz CT molecular complexity index is 443. The first-order chi connectivity index (χ1) is 9.29. The number of aromatic nitrogens is 2. The van der Waals surface area contributed by atoms with Gasteiger partial charge in [-0.1, -0.05) is 0 Å². The van der Waals surface area contributed by atoms with Crippen LogP contribution in [0.15, 0.2) is 17.1 Å². The highest BCUT2D eigenvalue weighted by atomic mass is 16.5. The van der Waals surface area contributed by atoms with Gasteiger partial charge in [0.15, 0.2) is 0 Å². The predicted molar refractivity (Wildman–Crippen MR) is 70.3 cm³/mol. The molecule has 7 nitrogen and oxygen atoms in total. The second-order valence-corrected chi connectivity index (χ2v) is 4.34. The van der Waals surface area contributed by atoms with Crippen LogP contribution in [0.1, 0.15) is 0 Å². The molecule has 0 saturated carbocycles. The summed E-state index contributed by atoms with van der Waals surface area (Å²) in [7, 11) is 0. The Labute approximate surface area is 111 Å². The van der Waals surface area contributed by atoms with E-state index in [1.165, 1.54) is 10.7 Å². The Morgan fingerprint density at radius 1 is 1.37 bits per heavy atom. The quantitative estimate of drug-likeness (QED) is 0.706. The summed E-state index contributed by atoms with van der Waals surface area (Å²) in [6.07, 6.45) is 1.55. The van der Waals surface area contributed by atoms with Gasteiger partial charge < -0.3 is 15.2 Å². The zero-order valence-electron chi connectivity index (χ0n) is 11.0. The second-order valence-electron chi connectivity index (χ2n) is 4.34. The van der Waals surface area contributed by atoms with Crippen molar-refractivity contribution in [3.05, 3.63) is 22.6 Å².